The topological polar surface area (TPSA) is 41.1 Å². The van der Waals surface area contributed by atoms with Crippen LogP contribution in [0, 0.1) is 18.3 Å². The van der Waals surface area contributed by atoms with E-state index in [4.69, 9.17) is 6.42 Å². The zero-order valence-corrected chi connectivity index (χ0v) is 10.6. The molecule has 2 atom stereocenters. The Bertz CT molecular complexity index is 458. The van der Waals surface area contributed by atoms with Gasteiger partial charge in [-0.3, -0.25) is 4.79 Å². The van der Waals surface area contributed by atoms with Gasteiger partial charge in [0.25, 0.3) is 0 Å². The van der Waals surface area contributed by atoms with Crippen LogP contribution in [0.25, 0.3) is 0 Å². The zero-order valence-electron chi connectivity index (χ0n) is 10.6. The van der Waals surface area contributed by atoms with Gasteiger partial charge in [0.05, 0.1) is 6.04 Å². The first-order valence-corrected chi connectivity index (χ1v) is 6.25. The molecule has 0 unspecified atom stereocenters. The molecule has 0 aromatic heterocycles. The molecule has 0 bridgehead atoms. The van der Waals surface area contributed by atoms with Gasteiger partial charge >= 0.3 is 0 Å². The monoisotopic (exact) mass is 242 g/mol. The molecule has 1 fully saturated rings. The number of nitrogens with one attached hydrogen (secondary N) is 2. The van der Waals surface area contributed by atoms with Crippen LogP contribution in [0.2, 0.25) is 0 Å². The smallest absolute Gasteiger partial charge is 0.237 e. The molecule has 3 nitrogen and oxygen atoms in total. The lowest BCUT2D eigenvalue weighted by molar-refractivity contribution is -0.123. The summed E-state index contributed by atoms with van der Waals surface area (Å²) < 4.78 is 0. The molecule has 0 saturated carbocycles. The predicted molar refractivity (Wildman–Crippen MR) is 71.8 cm³/mol. The van der Waals surface area contributed by atoms with Crippen LogP contribution in [-0.2, 0) is 11.3 Å². The van der Waals surface area contributed by atoms with E-state index in [1.54, 1.807) is 0 Å². The Hall–Kier alpha value is -1.79. The van der Waals surface area contributed by atoms with Gasteiger partial charge in [-0.05, 0) is 36.6 Å². The van der Waals surface area contributed by atoms with Gasteiger partial charge in [0.1, 0.15) is 0 Å². The molecule has 18 heavy (non-hydrogen) atoms. The number of hydrogen-bond acceptors (Lipinski definition) is 2. The van der Waals surface area contributed by atoms with Crippen molar-refractivity contribution in [2.75, 3.05) is 6.54 Å². The first kappa shape index (κ1) is 12.7. The second kappa shape index (κ2) is 5.70. The number of carbonyl (C=O) groups excluding carboxylic acids is 1. The van der Waals surface area contributed by atoms with Gasteiger partial charge in [-0.2, -0.15) is 0 Å². The number of hydrogen-bond donors (Lipinski definition) is 2. The molecule has 1 aromatic carbocycles. The quantitative estimate of drug-likeness (QED) is 0.784. The standard InChI is InChI=1S/C15H18N2O/c1-3-12-4-6-13(7-5-12)10-17-15(18)14-8-11(2)9-16-14/h1,4-7,11,14,16H,8-10H2,2H3,(H,17,18)/t11-,14+/m1/s1. The summed E-state index contributed by atoms with van der Waals surface area (Å²) in [7, 11) is 0. The second-order valence-corrected chi connectivity index (χ2v) is 4.86. The molecular formula is C15H18N2O. The predicted octanol–water partition coefficient (Wildman–Crippen LogP) is 1.28. The molecule has 1 aromatic rings. The van der Waals surface area contributed by atoms with Crippen LogP contribution in [0.5, 0.6) is 0 Å². The van der Waals surface area contributed by atoms with Gasteiger partial charge in [-0.15, -0.1) is 6.42 Å². The van der Waals surface area contributed by atoms with Gasteiger partial charge in [0, 0.05) is 12.1 Å². The molecule has 94 valence electrons. The van der Waals surface area contributed by atoms with Crippen LogP contribution < -0.4 is 10.6 Å². The van der Waals surface area contributed by atoms with Crippen LogP contribution in [0.4, 0.5) is 0 Å². The van der Waals surface area contributed by atoms with Gasteiger partial charge < -0.3 is 10.6 Å². The van der Waals surface area contributed by atoms with Crippen molar-refractivity contribution in [1.82, 2.24) is 10.6 Å². The lowest BCUT2D eigenvalue weighted by atomic mass is 10.1. The van der Waals surface area contributed by atoms with Crippen molar-refractivity contribution in [2.24, 2.45) is 5.92 Å². The molecule has 1 saturated heterocycles. The zero-order chi connectivity index (χ0) is 13.0. The fourth-order valence-electron chi connectivity index (χ4n) is 2.14. The third-order valence-corrected chi connectivity index (χ3v) is 3.25. The summed E-state index contributed by atoms with van der Waals surface area (Å²) in [4.78, 5) is 11.9. The summed E-state index contributed by atoms with van der Waals surface area (Å²) in [5.41, 5.74) is 1.92. The van der Waals surface area contributed by atoms with E-state index in [2.05, 4.69) is 23.5 Å². The van der Waals surface area contributed by atoms with Crippen molar-refractivity contribution in [3.63, 3.8) is 0 Å². The van der Waals surface area contributed by atoms with Gasteiger partial charge in [0.2, 0.25) is 5.91 Å². The number of rotatable bonds is 3. The van der Waals surface area contributed by atoms with Crippen LogP contribution in [0.15, 0.2) is 24.3 Å². The summed E-state index contributed by atoms with van der Waals surface area (Å²) in [5.74, 6) is 3.23. The summed E-state index contributed by atoms with van der Waals surface area (Å²) in [6.45, 7) is 3.63. The molecule has 2 N–H and O–H groups in total. The van der Waals surface area contributed by atoms with E-state index in [0.717, 1.165) is 24.1 Å². The Morgan fingerprint density at radius 3 is 2.78 bits per heavy atom. The molecule has 1 aliphatic heterocycles. The van der Waals surface area contributed by atoms with Crippen molar-refractivity contribution >= 4 is 5.91 Å². The Morgan fingerprint density at radius 2 is 2.22 bits per heavy atom. The van der Waals surface area contributed by atoms with Crippen LogP contribution in [0.3, 0.4) is 0 Å². The minimum Gasteiger partial charge on any atom is -0.351 e. The average molecular weight is 242 g/mol. The maximum Gasteiger partial charge on any atom is 0.237 e. The maximum absolute atomic E-state index is 11.9. The molecule has 1 heterocycles. The highest BCUT2D eigenvalue weighted by molar-refractivity contribution is 5.82. The number of terminal acetylenes is 1. The number of benzene rings is 1. The highest BCUT2D eigenvalue weighted by atomic mass is 16.2. The Morgan fingerprint density at radius 1 is 1.50 bits per heavy atom. The van der Waals surface area contributed by atoms with Crippen LogP contribution >= 0.6 is 0 Å². The molecule has 0 aliphatic carbocycles. The maximum atomic E-state index is 11.9. The average Bonchev–Trinajstić information content (AvgIpc) is 2.83. The fourth-order valence-corrected chi connectivity index (χ4v) is 2.14. The summed E-state index contributed by atoms with van der Waals surface area (Å²) in [6, 6.07) is 7.62. The SMILES string of the molecule is C#Cc1ccc(CNC(=O)[C@@H]2C[C@@H](C)CN2)cc1. The largest absolute Gasteiger partial charge is 0.351 e. The van der Waals surface area contributed by atoms with E-state index in [1.165, 1.54) is 0 Å². The highest BCUT2D eigenvalue weighted by Crippen LogP contribution is 2.12. The van der Waals surface area contributed by atoms with E-state index < -0.39 is 0 Å². The molecule has 1 aliphatic rings. The molecule has 3 heteroatoms. The summed E-state index contributed by atoms with van der Waals surface area (Å²) in [6.07, 6.45) is 6.21. The van der Waals surface area contributed by atoms with Crippen LogP contribution in [0.1, 0.15) is 24.5 Å². The van der Waals surface area contributed by atoms with Crippen molar-refractivity contribution in [3.8, 4) is 12.3 Å². The van der Waals surface area contributed by atoms with Gasteiger partial charge in [0.15, 0.2) is 0 Å². The van der Waals surface area contributed by atoms with Crippen molar-refractivity contribution in [3.05, 3.63) is 35.4 Å². The van der Waals surface area contributed by atoms with Gasteiger partial charge in [-0.25, -0.2) is 0 Å². The van der Waals surface area contributed by atoms with E-state index in [9.17, 15) is 4.79 Å². The van der Waals surface area contributed by atoms with E-state index in [-0.39, 0.29) is 11.9 Å². The Kier molecular flexibility index (Phi) is 4.01. The van der Waals surface area contributed by atoms with E-state index >= 15 is 0 Å². The molecule has 1 amide bonds. The fraction of sp³-hybridized carbons (Fsp3) is 0.400. The van der Waals surface area contributed by atoms with E-state index in [0.29, 0.717) is 12.5 Å². The Balaban J connectivity index is 1.84. The molecular weight excluding hydrogens is 224 g/mol. The third kappa shape index (κ3) is 3.12. The highest BCUT2D eigenvalue weighted by Gasteiger charge is 2.26. The summed E-state index contributed by atoms with van der Waals surface area (Å²) >= 11 is 0. The van der Waals surface area contributed by atoms with Gasteiger partial charge in [-0.1, -0.05) is 25.0 Å². The third-order valence-electron chi connectivity index (χ3n) is 3.25. The first-order chi connectivity index (χ1) is 8.69. The van der Waals surface area contributed by atoms with Crippen LogP contribution in [-0.4, -0.2) is 18.5 Å². The van der Waals surface area contributed by atoms with Crippen molar-refractivity contribution in [1.29, 1.82) is 0 Å². The minimum atomic E-state index is -0.0371. The lowest BCUT2D eigenvalue weighted by Crippen LogP contribution is -2.39. The number of amides is 1. The minimum absolute atomic E-state index is 0.0371. The van der Waals surface area contributed by atoms with Crippen molar-refractivity contribution in [2.45, 2.75) is 25.9 Å². The normalized spacial score (nSPS) is 22.4. The molecule has 0 radical (unpaired) electrons. The molecule has 2 rings (SSSR count). The summed E-state index contributed by atoms with van der Waals surface area (Å²) in [5, 5.41) is 6.17. The Labute approximate surface area is 108 Å². The number of carbonyl (C=O) groups is 1. The second-order valence-electron chi connectivity index (χ2n) is 4.86. The van der Waals surface area contributed by atoms with E-state index in [1.807, 2.05) is 24.3 Å². The first-order valence-electron chi connectivity index (χ1n) is 6.25. The molecule has 0 spiro atoms. The van der Waals surface area contributed by atoms with Crippen molar-refractivity contribution < 1.29 is 4.79 Å². The lowest BCUT2D eigenvalue weighted by Gasteiger charge is -2.11.